The third-order valence-electron chi connectivity index (χ3n) is 1.55. The highest BCUT2D eigenvalue weighted by Crippen LogP contribution is 1.98. The van der Waals surface area contributed by atoms with Gasteiger partial charge in [-0.2, -0.15) is 12.6 Å². The average molecular weight is 232 g/mol. The average Bonchev–Trinajstić information content (AvgIpc) is 2.15. The molecule has 0 heterocycles. The molecule has 1 atom stereocenters. The molecule has 0 aliphatic carbocycles. The number of hydrogen-bond donors (Lipinski definition) is 1. The van der Waals surface area contributed by atoms with E-state index in [0.29, 0.717) is 11.3 Å². The zero-order valence-corrected chi connectivity index (χ0v) is 9.88. The van der Waals surface area contributed by atoms with E-state index < -0.39 is 6.10 Å². The molecule has 15 heavy (non-hydrogen) atoms. The van der Waals surface area contributed by atoms with E-state index in [0.717, 1.165) is 0 Å². The number of thiol groups is 1. The van der Waals surface area contributed by atoms with Crippen molar-refractivity contribution < 1.29 is 19.1 Å². The van der Waals surface area contributed by atoms with Gasteiger partial charge in [-0.3, -0.25) is 9.59 Å². The Morgan fingerprint density at radius 1 is 1.40 bits per heavy atom. The van der Waals surface area contributed by atoms with Crippen LogP contribution in [0.15, 0.2) is 12.2 Å². The van der Waals surface area contributed by atoms with Crippen LogP contribution < -0.4 is 0 Å². The van der Waals surface area contributed by atoms with Crippen molar-refractivity contribution in [2.24, 2.45) is 0 Å². The molecule has 0 aromatic carbocycles. The number of carbonyl (C=O) groups excluding carboxylic acids is 2. The lowest BCUT2D eigenvalue weighted by molar-refractivity contribution is -0.148. The van der Waals surface area contributed by atoms with E-state index in [4.69, 9.17) is 9.47 Å². The smallest absolute Gasteiger partial charge is 0.303 e. The molecular weight excluding hydrogens is 216 g/mol. The van der Waals surface area contributed by atoms with Gasteiger partial charge in [-0.1, -0.05) is 6.58 Å². The number of carbonyl (C=O) groups is 2. The summed E-state index contributed by atoms with van der Waals surface area (Å²) in [6.07, 6.45) is -0.413. The second-order valence-electron chi connectivity index (χ2n) is 3.13. The van der Waals surface area contributed by atoms with Gasteiger partial charge in [-0.05, 0) is 12.5 Å². The van der Waals surface area contributed by atoms with Gasteiger partial charge in [0.1, 0.15) is 12.7 Å². The van der Waals surface area contributed by atoms with Gasteiger partial charge in [0.2, 0.25) is 0 Å². The summed E-state index contributed by atoms with van der Waals surface area (Å²) in [5, 5.41) is 0. The lowest BCUT2D eigenvalue weighted by Gasteiger charge is -2.14. The Bertz CT molecular complexity index is 250. The molecule has 4 nitrogen and oxygen atoms in total. The van der Waals surface area contributed by atoms with Crippen LogP contribution in [0.1, 0.15) is 13.8 Å². The van der Waals surface area contributed by atoms with Gasteiger partial charge in [0.15, 0.2) is 5.78 Å². The van der Waals surface area contributed by atoms with Crippen molar-refractivity contribution >= 4 is 24.4 Å². The number of ether oxygens (including phenoxy) is 2. The van der Waals surface area contributed by atoms with Gasteiger partial charge >= 0.3 is 5.97 Å². The van der Waals surface area contributed by atoms with Crippen molar-refractivity contribution in [2.45, 2.75) is 20.0 Å². The molecule has 5 heteroatoms. The van der Waals surface area contributed by atoms with E-state index in [9.17, 15) is 9.59 Å². The summed E-state index contributed by atoms with van der Waals surface area (Å²) in [6.45, 7) is 6.55. The number of ketones is 1. The lowest BCUT2D eigenvalue weighted by Crippen LogP contribution is -2.25. The van der Waals surface area contributed by atoms with Crippen LogP contribution in [0.4, 0.5) is 0 Å². The fraction of sp³-hybridized carbons (Fsp3) is 0.600. The van der Waals surface area contributed by atoms with Gasteiger partial charge < -0.3 is 9.47 Å². The Balaban J connectivity index is 3.77. The number of esters is 1. The first kappa shape index (κ1) is 14.2. The highest BCUT2D eigenvalue weighted by molar-refractivity contribution is 7.80. The number of hydrogen-bond acceptors (Lipinski definition) is 5. The van der Waals surface area contributed by atoms with Crippen LogP contribution in [0.25, 0.3) is 0 Å². The topological polar surface area (TPSA) is 52.6 Å². The van der Waals surface area contributed by atoms with Crippen molar-refractivity contribution in [2.75, 3.05) is 19.0 Å². The van der Waals surface area contributed by atoms with Crippen LogP contribution >= 0.6 is 12.6 Å². The maximum atomic E-state index is 11.1. The van der Waals surface area contributed by atoms with E-state index in [1.807, 2.05) is 0 Å². The summed E-state index contributed by atoms with van der Waals surface area (Å²) in [6, 6.07) is 0. The second kappa shape index (κ2) is 7.48. The first-order valence-corrected chi connectivity index (χ1v) is 5.15. The Hall–Kier alpha value is -0.810. The van der Waals surface area contributed by atoms with Gasteiger partial charge in [-0.15, -0.1) is 0 Å². The molecule has 0 fully saturated rings. The summed E-state index contributed by atoms with van der Waals surface area (Å²) < 4.78 is 9.94. The number of rotatable bonds is 7. The fourth-order valence-corrected chi connectivity index (χ4v) is 0.945. The van der Waals surface area contributed by atoms with Crippen molar-refractivity contribution in [1.82, 2.24) is 0 Å². The predicted octanol–water partition coefficient (Wildman–Crippen LogP) is 1.01. The molecule has 0 aromatic heterocycles. The monoisotopic (exact) mass is 232 g/mol. The molecule has 0 amide bonds. The molecule has 86 valence electrons. The summed E-state index contributed by atoms with van der Waals surface area (Å²) in [4.78, 5) is 21.7. The zero-order chi connectivity index (χ0) is 11.8. The molecule has 0 saturated heterocycles. The minimum atomic E-state index is -0.413. The van der Waals surface area contributed by atoms with Crippen LogP contribution in [0.2, 0.25) is 0 Å². The molecule has 0 aliphatic rings. The van der Waals surface area contributed by atoms with E-state index >= 15 is 0 Å². The third-order valence-corrected chi connectivity index (χ3v) is 1.96. The van der Waals surface area contributed by atoms with E-state index in [1.165, 1.54) is 6.92 Å². The molecule has 0 N–H and O–H groups in total. The molecular formula is C10H16O4S. The van der Waals surface area contributed by atoms with E-state index in [2.05, 4.69) is 19.2 Å². The van der Waals surface area contributed by atoms with Crippen molar-refractivity contribution in [3.05, 3.63) is 12.2 Å². The molecule has 0 saturated carbocycles. The molecule has 0 bridgehead atoms. The van der Waals surface area contributed by atoms with Crippen LogP contribution in [0.5, 0.6) is 0 Å². The normalized spacial score (nSPS) is 11.9. The van der Waals surface area contributed by atoms with Crippen molar-refractivity contribution in [3.8, 4) is 0 Å². The van der Waals surface area contributed by atoms with E-state index in [-0.39, 0.29) is 25.0 Å². The maximum absolute atomic E-state index is 11.1. The fourth-order valence-electron chi connectivity index (χ4n) is 0.765. The van der Waals surface area contributed by atoms with E-state index in [1.54, 1.807) is 6.92 Å². The van der Waals surface area contributed by atoms with Crippen molar-refractivity contribution in [3.63, 3.8) is 0 Å². The predicted molar refractivity (Wildman–Crippen MR) is 60.0 cm³/mol. The summed E-state index contributed by atoms with van der Waals surface area (Å²) in [7, 11) is 0. The van der Waals surface area contributed by atoms with Gasteiger partial charge in [-0.25, -0.2) is 0 Å². The van der Waals surface area contributed by atoms with Crippen LogP contribution in [-0.2, 0) is 19.1 Å². The molecule has 0 spiro atoms. The highest BCUT2D eigenvalue weighted by atomic mass is 32.1. The van der Waals surface area contributed by atoms with Crippen LogP contribution in [0.3, 0.4) is 0 Å². The standard InChI is InChI=1S/C10H16O4S/c1-7(2)10(12)5-13-4-9(6-15)14-8(3)11/h9,15H,1,4-6H2,2-3H3. The second-order valence-corrected chi connectivity index (χ2v) is 3.50. The Kier molecular flexibility index (Phi) is 7.07. The first-order chi connectivity index (χ1) is 6.97. The minimum absolute atomic E-state index is 0.0408. The van der Waals surface area contributed by atoms with Gasteiger partial charge in [0.25, 0.3) is 0 Å². The SMILES string of the molecule is C=C(C)C(=O)COCC(CS)OC(C)=O. The molecule has 0 aromatic rings. The van der Waals surface area contributed by atoms with Gasteiger partial charge in [0.05, 0.1) is 6.61 Å². The number of Topliss-reactive ketones (excluding diaryl/α,β-unsaturated/α-hetero) is 1. The molecule has 1 unspecified atom stereocenters. The Morgan fingerprint density at radius 2 is 2.00 bits per heavy atom. The molecule has 0 aliphatic heterocycles. The Morgan fingerprint density at radius 3 is 2.40 bits per heavy atom. The van der Waals surface area contributed by atoms with Crippen LogP contribution in [-0.4, -0.2) is 36.8 Å². The zero-order valence-electron chi connectivity index (χ0n) is 8.99. The summed E-state index contributed by atoms with van der Waals surface area (Å²) in [5.74, 6) is -0.180. The summed E-state index contributed by atoms with van der Waals surface area (Å²) in [5.41, 5.74) is 0.449. The quantitative estimate of drug-likeness (QED) is 0.404. The first-order valence-electron chi connectivity index (χ1n) is 4.52. The minimum Gasteiger partial charge on any atom is -0.459 e. The molecule has 0 rings (SSSR count). The largest absolute Gasteiger partial charge is 0.459 e. The molecule has 0 radical (unpaired) electrons. The summed E-state index contributed by atoms with van der Waals surface area (Å²) >= 11 is 4.00. The van der Waals surface area contributed by atoms with Crippen molar-refractivity contribution in [1.29, 1.82) is 0 Å². The lowest BCUT2D eigenvalue weighted by atomic mass is 10.2. The van der Waals surface area contributed by atoms with Gasteiger partial charge in [0, 0.05) is 12.7 Å². The van der Waals surface area contributed by atoms with Crippen LogP contribution in [0, 0.1) is 0 Å². The Labute approximate surface area is 95.0 Å². The highest BCUT2D eigenvalue weighted by Gasteiger charge is 2.11. The maximum Gasteiger partial charge on any atom is 0.303 e. The third kappa shape index (κ3) is 7.16.